The van der Waals surface area contributed by atoms with Gasteiger partial charge in [-0.05, 0) is 37.1 Å². The van der Waals surface area contributed by atoms with Crippen LogP contribution in [0.5, 0.6) is 0 Å². The Balaban J connectivity index is 0.00000131. The molecule has 2 aliphatic rings. The van der Waals surface area contributed by atoms with Crippen LogP contribution in [0.25, 0.3) is 0 Å². The van der Waals surface area contributed by atoms with Crippen LogP contribution in [0.15, 0.2) is 30.3 Å². The highest BCUT2D eigenvalue weighted by Crippen LogP contribution is 2.36. The number of hydrogen-bond acceptors (Lipinski definition) is 6. The van der Waals surface area contributed by atoms with Gasteiger partial charge in [0.2, 0.25) is 5.95 Å². The molecule has 27 heavy (non-hydrogen) atoms. The van der Waals surface area contributed by atoms with Gasteiger partial charge in [-0.1, -0.05) is 11.6 Å². The van der Waals surface area contributed by atoms with Crippen LogP contribution < -0.4 is 21.3 Å². The minimum atomic E-state index is 0. The quantitative estimate of drug-likeness (QED) is 0.777. The van der Waals surface area contributed by atoms with E-state index in [9.17, 15) is 0 Å². The Morgan fingerprint density at radius 1 is 0.926 bits per heavy atom. The van der Waals surface area contributed by atoms with Gasteiger partial charge in [0.1, 0.15) is 5.82 Å². The number of halogens is 3. The fourth-order valence-electron chi connectivity index (χ4n) is 3.59. The average Bonchev–Trinajstić information content (AvgIpc) is 2.59. The van der Waals surface area contributed by atoms with Crippen LogP contribution in [0, 0.1) is 0 Å². The third-order valence-corrected chi connectivity index (χ3v) is 5.39. The molecule has 2 heterocycles. The van der Waals surface area contributed by atoms with Crippen molar-refractivity contribution >= 4 is 53.9 Å². The molecule has 1 saturated carbocycles. The minimum Gasteiger partial charge on any atom is -0.368 e. The first-order valence-electron chi connectivity index (χ1n) is 8.74. The Labute approximate surface area is 177 Å². The van der Waals surface area contributed by atoms with E-state index in [1.807, 2.05) is 12.1 Å². The van der Waals surface area contributed by atoms with Crippen LogP contribution in [0.4, 0.5) is 17.5 Å². The Hall–Kier alpha value is -1.47. The molecule has 9 heteroatoms. The lowest BCUT2D eigenvalue weighted by atomic mass is 9.78. The van der Waals surface area contributed by atoms with Crippen molar-refractivity contribution in [2.75, 3.05) is 41.7 Å². The van der Waals surface area contributed by atoms with Crippen molar-refractivity contribution in [3.8, 4) is 0 Å². The van der Waals surface area contributed by atoms with E-state index in [2.05, 4.69) is 38.0 Å². The Bertz CT molecular complexity index is 743. The van der Waals surface area contributed by atoms with Crippen LogP contribution >= 0.6 is 36.4 Å². The summed E-state index contributed by atoms with van der Waals surface area (Å²) >= 11 is 5.97. The number of aromatic nitrogens is 2. The van der Waals surface area contributed by atoms with Gasteiger partial charge in [0.25, 0.3) is 0 Å². The zero-order valence-electron chi connectivity index (χ0n) is 14.9. The lowest BCUT2D eigenvalue weighted by molar-refractivity contribution is 0.345. The zero-order valence-corrected chi connectivity index (χ0v) is 17.3. The summed E-state index contributed by atoms with van der Waals surface area (Å²) in [7, 11) is 0. The van der Waals surface area contributed by atoms with E-state index in [0.29, 0.717) is 17.9 Å². The van der Waals surface area contributed by atoms with Gasteiger partial charge >= 0.3 is 0 Å². The normalized spacial score (nSPS) is 21.7. The van der Waals surface area contributed by atoms with Gasteiger partial charge in [0.05, 0.1) is 5.69 Å². The second-order valence-corrected chi connectivity index (χ2v) is 7.32. The number of benzene rings is 1. The molecule has 4 N–H and O–H groups in total. The van der Waals surface area contributed by atoms with E-state index in [0.717, 1.165) is 55.6 Å². The smallest absolute Gasteiger partial charge is 0.222 e. The van der Waals surface area contributed by atoms with Crippen molar-refractivity contribution in [1.29, 1.82) is 0 Å². The highest BCUT2D eigenvalue weighted by molar-refractivity contribution is 6.30. The summed E-state index contributed by atoms with van der Waals surface area (Å²) in [5.74, 6) is 1.71. The summed E-state index contributed by atoms with van der Waals surface area (Å²) in [6.45, 7) is 3.69. The fourth-order valence-corrected chi connectivity index (χ4v) is 3.72. The Kier molecular flexibility index (Phi) is 7.40. The van der Waals surface area contributed by atoms with Gasteiger partial charge in [-0.25, -0.2) is 4.98 Å². The molecule has 6 nitrogen and oxygen atoms in total. The average molecular weight is 432 g/mol. The SMILES string of the molecule is Cl.Cl.Nc1nc(C2CC(N)C2)cc(N2CCN(c3ccc(Cl)cc3)CC2)n1. The Morgan fingerprint density at radius 3 is 2.11 bits per heavy atom. The second kappa shape index (κ2) is 9.15. The standard InChI is InChI=1S/C18H23ClN6.2ClH/c19-13-1-3-15(4-2-13)24-5-7-25(8-6-24)17-11-16(22-18(21)23-17)12-9-14(20)10-12;;/h1-4,11-12,14H,5-10,20H2,(H2,21,22,23);2*1H. The van der Waals surface area contributed by atoms with E-state index in [1.165, 1.54) is 5.69 Å². The molecular weight excluding hydrogens is 407 g/mol. The molecule has 1 aromatic heterocycles. The van der Waals surface area contributed by atoms with Gasteiger partial charge < -0.3 is 21.3 Å². The first-order valence-corrected chi connectivity index (χ1v) is 9.12. The van der Waals surface area contributed by atoms with Gasteiger partial charge in [-0.15, -0.1) is 24.8 Å². The van der Waals surface area contributed by atoms with Gasteiger partial charge in [-0.2, -0.15) is 4.98 Å². The number of nitrogen functional groups attached to an aromatic ring is 1. The zero-order chi connectivity index (χ0) is 17.4. The molecule has 4 rings (SSSR count). The fraction of sp³-hybridized carbons (Fsp3) is 0.444. The monoisotopic (exact) mass is 430 g/mol. The molecule has 1 aliphatic heterocycles. The van der Waals surface area contributed by atoms with Crippen LogP contribution in [0.3, 0.4) is 0 Å². The van der Waals surface area contributed by atoms with Crippen molar-refractivity contribution in [2.24, 2.45) is 5.73 Å². The van der Waals surface area contributed by atoms with E-state index in [1.54, 1.807) is 0 Å². The predicted molar refractivity (Wildman–Crippen MR) is 117 cm³/mol. The van der Waals surface area contributed by atoms with E-state index >= 15 is 0 Å². The van der Waals surface area contributed by atoms with Crippen LogP contribution in [-0.4, -0.2) is 42.2 Å². The topological polar surface area (TPSA) is 84.3 Å². The Morgan fingerprint density at radius 2 is 1.52 bits per heavy atom. The minimum absolute atomic E-state index is 0. The largest absolute Gasteiger partial charge is 0.368 e. The lowest BCUT2D eigenvalue weighted by Gasteiger charge is -2.37. The van der Waals surface area contributed by atoms with Crippen molar-refractivity contribution < 1.29 is 0 Å². The number of anilines is 3. The first-order chi connectivity index (χ1) is 12.1. The third-order valence-electron chi connectivity index (χ3n) is 5.14. The number of nitrogens with zero attached hydrogens (tertiary/aromatic N) is 4. The number of nitrogens with two attached hydrogens (primary N) is 2. The molecule has 0 amide bonds. The summed E-state index contributed by atoms with van der Waals surface area (Å²) in [5.41, 5.74) is 14.1. The highest BCUT2D eigenvalue weighted by atomic mass is 35.5. The summed E-state index contributed by atoms with van der Waals surface area (Å²) < 4.78 is 0. The molecular formula is C18H25Cl3N6. The van der Waals surface area contributed by atoms with Gasteiger partial charge in [-0.3, -0.25) is 0 Å². The molecule has 148 valence electrons. The van der Waals surface area contributed by atoms with Gasteiger partial charge in [0.15, 0.2) is 0 Å². The van der Waals surface area contributed by atoms with E-state index in [-0.39, 0.29) is 24.8 Å². The molecule has 2 fully saturated rings. The van der Waals surface area contributed by atoms with Crippen molar-refractivity contribution in [2.45, 2.75) is 24.8 Å². The maximum atomic E-state index is 5.97. The molecule has 0 atom stereocenters. The lowest BCUT2D eigenvalue weighted by Crippen LogP contribution is -2.47. The maximum absolute atomic E-state index is 5.97. The molecule has 2 aromatic rings. The van der Waals surface area contributed by atoms with Crippen molar-refractivity contribution in [3.05, 3.63) is 41.0 Å². The van der Waals surface area contributed by atoms with Crippen molar-refractivity contribution in [3.63, 3.8) is 0 Å². The second-order valence-electron chi connectivity index (χ2n) is 6.89. The van der Waals surface area contributed by atoms with Crippen LogP contribution in [0.1, 0.15) is 24.5 Å². The molecule has 1 aromatic carbocycles. The summed E-state index contributed by atoms with van der Waals surface area (Å²) in [5, 5.41) is 0.766. The van der Waals surface area contributed by atoms with Crippen LogP contribution in [-0.2, 0) is 0 Å². The molecule has 0 bridgehead atoms. The number of piperazine rings is 1. The molecule has 0 unspecified atom stereocenters. The van der Waals surface area contributed by atoms with E-state index < -0.39 is 0 Å². The predicted octanol–water partition coefficient (Wildman–Crippen LogP) is 3.09. The summed E-state index contributed by atoms with van der Waals surface area (Å²) in [6, 6.07) is 10.4. The summed E-state index contributed by atoms with van der Waals surface area (Å²) in [6.07, 6.45) is 1.97. The molecule has 0 radical (unpaired) electrons. The summed E-state index contributed by atoms with van der Waals surface area (Å²) in [4.78, 5) is 13.5. The number of rotatable bonds is 3. The highest BCUT2D eigenvalue weighted by Gasteiger charge is 2.29. The molecule has 1 saturated heterocycles. The third kappa shape index (κ3) is 4.88. The first kappa shape index (κ1) is 21.8. The molecule has 1 aliphatic carbocycles. The number of hydrogen-bond donors (Lipinski definition) is 2. The van der Waals surface area contributed by atoms with Crippen molar-refractivity contribution in [1.82, 2.24) is 9.97 Å². The maximum Gasteiger partial charge on any atom is 0.222 e. The molecule has 0 spiro atoms. The van der Waals surface area contributed by atoms with Gasteiger partial charge in [0, 0.05) is 54.9 Å². The van der Waals surface area contributed by atoms with E-state index in [4.69, 9.17) is 23.1 Å². The van der Waals surface area contributed by atoms with Crippen LogP contribution in [0.2, 0.25) is 5.02 Å².